The van der Waals surface area contributed by atoms with Crippen LogP contribution in [-0.2, 0) is 6.42 Å². The van der Waals surface area contributed by atoms with Crippen LogP contribution in [0.1, 0.15) is 76.4 Å². The minimum absolute atomic E-state index is 0.0643. The predicted molar refractivity (Wildman–Crippen MR) is 128 cm³/mol. The van der Waals surface area contributed by atoms with Crippen molar-refractivity contribution in [2.45, 2.75) is 72.5 Å². The first kappa shape index (κ1) is 24.5. The highest BCUT2D eigenvalue weighted by molar-refractivity contribution is 6.07. The first-order valence-corrected chi connectivity index (χ1v) is 10.8. The van der Waals surface area contributed by atoms with Gasteiger partial charge in [0.2, 0.25) is 0 Å². The molecule has 168 valence electrons. The van der Waals surface area contributed by atoms with E-state index in [9.17, 15) is 4.79 Å². The molecule has 0 aliphatic rings. The highest BCUT2D eigenvalue weighted by Gasteiger charge is 2.20. The second-order valence-electron chi connectivity index (χ2n) is 9.59. The fraction of sp³-hybridized carbons (Fsp3) is 0.444. The molecule has 0 radical (unpaired) electrons. The van der Waals surface area contributed by atoms with Crippen molar-refractivity contribution in [1.82, 2.24) is 0 Å². The number of carbonyl (C=O) groups is 1. The van der Waals surface area contributed by atoms with Crippen molar-refractivity contribution in [3.63, 3.8) is 0 Å². The van der Waals surface area contributed by atoms with E-state index in [-0.39, 0.29) is 17.0 Å². The number of ketones is 1. The maximum absolute atomic E-state index is 12.7. The maximum atomic E-state index is 12.7. The summed E-state index contributed by atoms with van der Waals surface area (Å²) in [4.78, 5) is 12.7. The molecular weight excluding hydrogens is 388 g/mol. The molecule has 0 N–H and O–H groups in total. The van der Waals surface area contributed by atoms with Crippen LogP contribution in [0.15, 0.2) is 42.5 Å². The Kier molecular flexibility index (Phi) is 7.94. The van der Waals surface area contributed by atoms with Crippen molar-refractivity contribution in [2.24, 2.45) is 0 Å². The van der Waals surface area contributed by atoms with Crippen LogP contribution in [0.2, 0.25) is 0 Å². The summed E-state index contributed by atoms with van der Waals surface area (Å²) in [6.07, 6.45) is 5.28. The molecule has 0 aliphatic carbocycles. The van der Waals surface area contributed by atoms with Crippen LogP contribution in [0.4, 0.5) is 0 Å². The molecule has 0 amide bonds. The highest BCUT2D eigenvalue weighted by atomic mass is 16.5. The van der Waals surface area contributed by atoms with Crippen LogP contribution >= 0.6 is 0 Å². The van der Waals surface area contributed by atoms with Gasteiger partial charge in [-0.2, -0.15) is 0 Å². The van der Waals surface area contributed by atoms with Crippen LogP contribution in [0.5, 0.6) is 17.2 Å². The standard InChI is InChI=1S/C27H36O4/c1-9-10-23-20(13-16-24(28)19-11-14-21(29-8)15-12-19)17-22(30-26(2,3)4)18-25(23)31-27(5,6)7/h11-18H,9-10H2,1-8H3/b16-13+. The predicted octanol–water partition coefficient (Wildman–Crippen LogP) is 6.90. The van der Waals surface area contributed by atoms with Crippen molar-refractivity contribution in [1.29, 1.82) is 0 Å². The first-order valence-electron chi connectivity index (χ1n) is 10.8. The molecule has 0 spiro atoms. The molecule has 2 rings (SSSR count). The zero-order valence-corrected chi connectivity index (χ0v) is 20.2. The van der Waals surface area contributed by atoms with Crippen LogP contribution in [0.25, 0.3) is 6.08 Å². The monoisotopic (exact) mass is 424 g/mol. The molecule has 4 nitrogen and oxygen atoms in total. The highest BCUT2D eigenvalue weighted by Crippen LogP contribution is 2.35. The van der Waals surface area contributed by atoms with E-state index < -0.39 is 0 Å². The zero-order chi connectivity index (χ0) is 23.2. The van der Waals surface area contributed by atoms with E-state index in [4.69, 9.17) is 14.2 Å². The van der Waals surface area contributed by atoms with Gasteiger partial charge in [-0.3, -0.25) is 4.79 Å². The average molecular weight is 425 g/mol. The van der Waals surface area contributed by atoms with E-state index in [2.05, 4.69) is 6.92 Å². The lowest BCUT2D eigenvalue weighted by atomic mass is 9.99. The largest absolute Gasteiger partial charge is 0.497 e. The Bertz CT molecular complexity index is 910. The third-order valence-electron chi connectivity index (χ3n) is 4.35. The van der Waals surface area contributed by atoms with Gasteiger partial charge in [-0.05, 0) is 89.9 Å². The van der Waals surface area contributed by atoms with Crippen LogP contribution in [0, 0.1) is 0 Å². The van der Waals surface area contributed by atoms with Gasteiger partial charge < -0.3 is 14.2 Å². The van der Waals surface area contributed by atoms with Gasteiger partial charge in [0.25, 0.3) is 0 Å². The number of rotatable bonds is 8. The Morgan fingerprint density at radius 1 is 0.903 bits per heavy atom. The number of allylic oxidation sites excluding steroid dienone is 1. The van der Waals surface area contributed by atoms with Crippen LogP contribution in [0.3, 0.4) is 0 Å². The van der Waals surface area contributed by atoms with E-state index in [0.717, 1.165) is 41.2 Å². The Balaban J connectivity index is 2.48. The number of hydrogen-bond donors (Lipinski definition) is 0. The molecule has 0 saturated heterocycles. The van der Waals surface area contributed by atoms with E-state index in [1.807, 2.05) is 59.8 Å². The SMILES string of the molecule is CCCc1c(/C=C/C(=O)c2ccc(OC)cc2)cc(OC(C)(C)C)cc1OC(C)(C)C. The second-order valence-corrected chi connectivity index (χ2v) is 9.59. The fourth-order valence-electron chi connectivity index (χ4n) is 3.16. The minimum Gasteiger partial charge on any atom is -0.497 e. The summed E-state index contributed by atoms with van der Waals surface area (Å²) in [5, 5.41) is 0. The Hall–Kier alpha value is -2.75. The van der Waals surface area contributed by atoms with Gasteiger partial charge >= 0.3 is 0 Å². The summed E-state index contributed by atoms with van der Waals surface area (Å²) >= 11 is 0. The molecule has 4 heteroatoms. The topological polar surface area (TPSA) is 44.8 Å². The van der Waals surface area contributed by atoms with Gasteiger partial charge in [-0.25, -0.2) is 0 Å². The van der Waals surface area contributed by atoms with Gasteiger partial charge in [-0.15, -0.1) is 0 Å². The Labute approximate surface area is 187 Å². The molecule has 2 aromatic carbocycles. The molecule has 2 aromatic rings. The average Bonchev–Trinajstić information content (AvgIpc) is 2.66. The van der Waals surface area contributed by atoms with E-state index in [0.29, 0.717) is 5.56 Å². The third-order valence-corrected chi connectivity index (χ3v) is 4.35. The smallest absolute Gasteiger partial charge is 0.185 e. The molecule has 0 aromatic heterocycles. The number of hydrogen-bond acceptors (Lipinski definition) is 4. The maximum Gasteiger partial charge on any atom is 0.185 e. The summed E-state index contributed by atoms with van der Waals surface area (Å²) in [6, 6.07) is 11.1. The van der Waals surface area contributed by atoms with Crippen molar-refractivity contribution in [3.8, 4) is 17.2 Å². The van der Waals surface area contributed by atoms with Gasteiger partial charge in [0.15, 0.2) is 5.78 Å². The molecule has 0 saturated carbocycles. The molecule has 0 bridgehead atoms. The second kappa shape index (κ2) is 10.0. The molecule has 31 heavy (non-hydrogen) atoms. The van der Waals surface area contributed by atoms with Gasteiger partial charge in [0, 0.05) is 17.2 Å². The number of carbonyl (C=O) groups excluding carboxylic acids is 1. The minimum atomic E-state index is -0.344. The zero-order valence-electron chi connectivity index (χ0n) is 20.2. The first-order chi connectivity index (χ1) is 14.4. The molecule has 0 unspecified atom stereocenters. The summed E-state index contributed by atoms with van der Waals surface area (Å²) in [5.41, 5.74) is 1.94. The Morgan fingerprint density at radius 3 is 2.03 bits per heavy atom. The van der Waals surface area contributed by atoms with Crippen molar-refractivity contribution >= 4 is 11.9 Å². The van der Waals surface area contributed by atoms with Gasteiger partial charge in [-0.1, -0.05) is 19.4 Å². The molecule has 0 aliphatic heterocycles. The molecular formula is C27H36O4. The van der Waals surface area contributed by atoms with Crippen molar-refractivity contribution in [3.05, 3.63) is 59.2 Å². The summed E-state index contributed by atoms with van der Waals surface area (Å²) < 4.78 is 17.6. The van der Waals surface area contributed by atoms with E-state index >= 15 is 0 Å². The van der Waals surface area contributed by atoms with Crippen molar-refractivity contribution < 1.29 is 19.0 Å². The summed E-state index contributed by atoms with van der Waals surface area (Å²) in [5.74, 6) is 2.18. The summed E-state index contributed by atoms with van der Waals surface area (Å²) in [6.45, 7) is 14.3. The number of ether oxygens (including phenoxy) is 3. The normalized spacial score (nSPS) is 12.1. The summed E-state index contributed by atoms with van der Waals surface area (Å²) in [7, 11) is 1.61. The van der Waals surface area contributed by atoms with Gasteiger partial charge in [0.1, 0.15) is 28.5 Å². The van der Waals surface area contributed by atoms with Gasteiger partial charge in [0.05, 0.1) is 7.11 Å². The quantitative estimate of drug-likeness (QED) is 0.341. The molecule has 0 atom stereocenters. The number of benzene rings is 2. The Morgan fingerprint density at radius 2 is 1.52 bits per heavy atom. The van der Waals surface area contributed by atoms with Crippen LogP contribution in [-0.4, -0.2) is 24.1 Å². The lowest BCUT2D eigenvalue weighted by Gasteiger charge is -2.27. The van der Waals surface area contributed by atoms with E-state index in [1.165, 1.54) is 0 Å². The van der Waals surface area contributed by atoms with Crippen LogP contribution < -0.4 is 14.2 Å². The number of methoxy groups -OCH3 is 1. The van der Waals surface area contributed by atoms with E-state index in [1.54, 1.807) is 37.5 Å². The fourth-order valence-corrected chi connectivity index (χ4v) is 3.16. The lowest BCUT2D eigenvalue weighted by molar-refractivity contribution is 0.104. The van der Waals surface area contributed by atoms with Crippen molar-refractivity contribution in [2.75, 3.05) is 7.11 Å². The molecule has 0 heterocycles. The lowest BCUT2D eigenvalue weighted by Crippen LogP contribution is -2.25. The molecule has 0 fully saturated rings. The third kappa shape index (κ3) is 7.78.